The summed E-state index contributed by atoms with van der Waals surface area (Å²) in [7, 11) is 3.34. The van der Waals surface area contributed by atoms with Crippen LogP contribution in [0.15, 0.2) is 55.0 Å². The van der Waals surface area contributed by atoms with Crippen LogP contribution in [0.25, 0.3) is 0 Å². The Morgan fingerprint density at radius 1 is 1.19 bits per heavy atom. The van der Waals surface area contributed by atoms with E-state index in [4.69, 9.17) is 4.74 Å². The fraction of sp³-hybridized carbons (Fsp3) is 0.211. The lowest BCUT2D eigenvalue weighted by Gasteiger charge is -2.10. The first-order valence-corrected chi connectivity index (χ1v) is 8.26. The minimum atomic E-state index is -0.180. The molecule has 0 fully saturated rings. The van der Waals surface area contributed by atoms with Gasteiger partial charge in [-0.2, -0.15) is 5.10 Å². The average Bonchev–Trinajstić information content (AvgIpc) is 3.06. The molecule has 7 nitrogen and oxygen atoms in total. The Balaban J connectivity index is 0.00000261. The van der Waals surface area contributed by atoms with E-state index in [-0.39, 0.29) is 18.3 Å². The van der Waals surface area contributed by atoms with E-state index in [1.54, 1.807) is 37.4 Å². The Hall–Kier alpha value is -3.06. The lowest BCUT2D eigenvalue weighted by Crippen LogP contribution is -2.22. The number of aromatic nitrogens is 3. The summed E-state index contributed by atoms with van der Waals surface area (Å²) in [5.41, 5.74) is 3.24. The number of carbonyl (C=O) groups is 1. The lowest BCUT2D eigenvalue weighted by atomic mass is 10.2. The Morgan fingerprint density at radius 3 is 2.74 bits per heavy atom. The molecule has 1 aromatic carbocycles. The van der Waals surface area contributed by atoms with Crippen molar-refractivity contribution in [3.63, 3.8) is 0 Å². The third-order valence-electron chi connectivity index (χ3n) is 3.89. The molecule has 0 bridgehead atoms. The van der Waals surface area contributed by atoms with E-state index < -0.39 is 0 Å². The van der Waals surface area contributed by atoms with Gasteiger partial charge in [0.2, 0.25) is 0 Å². The molecule has 142 valence electrons. The van der Waals surface area contributed by atoms with Gasteiger partial charge in [0.15, 0.2) is 0 Å². The zero-order chi connectivity index (χ0) is 18.4. The van der Waals surface area contributed by atoms with E-state index >= 15 is 0 Å². The molecule has 0 saturated carbocycles. The van der Waals surface area contributed by atoms with Crippen LogP contribution >= 0.6 is 12.4 Å². The smallest absolute Gasteiger partial charge is 0.271 e. The Kier molecular flexibility index (Phi) is 7.19. The van der Waals surface area contributed by atoms with Crippen molar-refractivity contribution in [1.29, 1.82) is 0 Å². The molecule has 3 aromatic rings. The summed E-state index contributed by atoms with van der Waals surface area (Å²) >= 11 is 0. The van der Waals surface area contributed by atoms with Crippen LogP contribution in [0.1, 0.15) is 21.6 Å². The first kappa shape index (κ1) is 20.3. The second kappa shape index (κ2) is 9.59. The highest BCUT2D eigenvalue weighted by Gasteiger charge is 2.15. The summed E-state index contributed by atoms with van der Waals surface area (Å²) in [5.74, 6) is 0.604. The molecule has 2 heterocycles. The molecule has 0 atom stereocenters. The van der Waals surface area contributed by atoms with Crippen LogP contribution in [-0.2, 0) is 20.2 Å². The van der Waals surface area contributed by atoms with Gasteiger partial charge >= 0.3 is 0 Å². The van der Waals surface area contributed by atoms with Gasteiger partial charge in [-0.25, -0.2) is 0 Å². The molecule has 0 unspecified atom stereocenters. The van der Waals surface area contributed by atoms with Crippen molar-refractivity contribution in [3.05, 3.63) is 71.8 Å². The number of nitrogens with one attached hydrogen (secondary N) is 2. The number of ether oxygens (including phenoxy) is 1. The highest BCUT2D eigenvalue weighted by molar-refractivity contribution is 5.97. The Labute approximate surface area is 164 Å². The SMILES string of the molecule is CNC(=O)c1c(NCc2cccc(OCc3cccnc3)c2)cnn1C.Cl. The van der Waals surface area contributed by atoms with Crippen molar-refractivity contribution in [1.82, 2.24) is 20.1 Å². The van der Waals surface area contributed by atoms with Crippen LogP contribution < -0.4 is 15.4 Å². The molecule has 2 aromatic heterocycles. The van der Waals surface area contributed by atoms with Crippen molar-refractivity contribution in [3.8, 4) is 5.75 Å². The van der Waals surface area contributed by atoms with Gasteiger partial charge < -0.3 is 15.4 Å². The van der Waals surface area contributed by atoms with Gasteiger partial charge in [-0.1, -0.05) is 18.2 Å². The maximum atomic E-state index is 12.0. The normalized spacial score (nSPS) is 10.0. The van der Waals surface area contributed by atoms with Crippen LogP contribution in [-0.4, -0.2) is 27.7 Å². The summed E-state index contributed by atoms with van der Waals surface area (Å²) < 4.78 is 7.37. The minimum absolute atomic E-state index is 0. The summed E-state index contributed by atoms with van der Waals surface area (Å²) in [6.07, 6.45) is 5.17. The first-order chi connectivity index (χ1) is 12.7. The fourth-order valence-corrected chi connectivity index (χ4v) is 2.55. The number of aryl methyl sites for hydroxylation is 1. The maximum Gasteiger partial charge on any atom is 0.271 e. The number of amides is 1. The van der Waals surface area contributed by atoms with E-state index in [1.165, 1.54) is 0 Å². The molecule has 2 N–H and O–H groups in total. The number of hydrogen-bond donors (Lipinski definition) is 2. The third kappa shape index (κ3) is 5.21. The second-order valence-corrected chi connectivity index (χ2v) is 5.76. The molecule has 0 aliphatic heterocycles. The molecule has 1 amide bonds. The van der Waals surface area contributed by atoms with Crippen molar-refractivity contribution < 1.29 is 9.53 Å². The van der Waals surface area contributed by atoms with Gasteiger partial charge in [-0.05, 0) is 23.8 Å². The van der Waals surface area contributed by atoms with Gasteiger partial charge in [0.1, 0.15) is 18.1 Å². The largest absolute Gasteiger partial charge is 0.489 e. The van der Waals surface area contributed by atoms with E-state index in [0.717, 1.165) is 16.9 Å². The van der Waals surface area contributed by atoms with Crippen molar-refractivity contribution in [2.75, 3.05) is 12.4 Å². The third-order valence-corrected chi connectivity index (χ3v) is 3.89. The average molecular weight is 388 g/mol. The minimum Gasteiger partial charge on any atom is -0.489 e. The molecule has 27 heavy (non-hydrogen) atoms. The summed E-state index contributed by atoms with van der Waals surface area (Å²) in [5, 5.41) is 10.0. The van der Waals surface area contributed by atoms with Gasteiger partial charge in [-0.15, -0.1) is 12.4 Å². The second-order valence-electron chi connectivity index (χ2n) is 5.76. The van der Waals surface area contributed by atoms with Crippen LogP contribution in [0.3, 0.4) is 0 Å². The zero-order valence-corrected chi connectivity index (χ0v) is 16.0. The standard InChI is InChI=1S/C19H21N5O2.ClH/c1-20-19(25)18-17(12-23-24(18)2)22-11-14-5-3-7-16(9-14)26-13-15-6-4-8-21-10-15;/h3-10,12,22H,11,13H2,1-2H3,(H,20,25);1H. The lowest BCUT2D eigenvalue weighted by molar-refractivity contribution is 0.0954. The summed E-state index contributed by atoms with van der Waals surface area (Å²) in [4.78, 5) is 16.0. The first-order valence-electron chi connectivity index (χ1n) is 8.26. The van der Waals surface area contributed by atoms with Crippen molar-refractivity contribution in [2.24, 2.45) is 7.05 Å². The predicted molar refractivity (Wildman–Crippen MR) is 106 cm³/mol. The number of carbonyl (C=O) groups excluding carboxylic acids is 1. The van der Waals surface area contributed by atoms with Crippen molar-refractivity contribution >= 4 is 24.0 Å². The fourth-order valence-electron chi connectivity index (χ4n) is 2.55. The number of nitrogens with zero attached hydrogens (tertiary/aromatic N) is 3. The number of anilines is 1. The van der Waals surface area contributed by atoms with Gasteiger partial charge in [0.05, 0.1) is 11.9 Å². The van der Waals surface area contributed by atoms with Gasteiger partial charge in [-0.3, -0.25) is 14.5 Å². The molecular weight excluding hydrogens is 366 g/mol. The predicted octanol–water partition coefficient (Wildman–Crippen LogP) is 2.79. The number of halogens is 1. The topological polar surface area (TPSA) is 81.1 Å². The number of hydrogen-bond acceptors (Lipinski definition) is 5. The van der Waals surface area contributed by atoms with Crippen LogP contribution in [0.4, 0.5) is 5.69 Å². The van der Waals surface area contributed by atoms with Gasteiger partial charge in [0.25, 0.3) is 5.91 Å². The maximum absolute atomic E-state index is 12.0. The summed E-state index contributed by atoms with van der Waals surface area (Å²) in [6.45, 7) is 1.02. The Morgan fingerprint density at radius 2 is 2.00 bits per heavy atom. The molecule has 0 radical (unpaired) electrons. The highest BCUT2D eigenvalue weighted by atomic mass is 35.5. The van der Waals surface area contributed by atoms with E-state index in [9.17, 15) is 4.79 Å². The highest BCUT2D eigenvalue weighted by Crippen LogP contribution is 2.18. The van der Waals surface area contributed by atoms with Crippen LogP contribution in [0.2, 0.25) is 0 Å². The molecular formula is C19H22ClN5O2. The van der Waals surface area contributed by atoms with E-state index in [1.807, 2.05) is 36.4 Å². The molecule has 0 aliphatic rings. The van der Waals surface area contributed by atoms with E-state index in [0.29, 0.717) is 24.5 Å². The van der Waals surface area contributed by atoms with Crippen LogP contribution in [0, 0.1) is 0 Å². The quantitative estimate of drug-likeness (QED) is 0.651. The van der Waals surface area contributed by atoms with Crippen molar-refractivity contribution in [2.45, 2.75) is 13.2 Å². The monoisotopic (exact) mass is 387 g/mol. The number of benzene rings is 1. The number of rotatable bonds is 7. The number of pyridine rings is 1. The van der Waals surface area contributed by atoms with E-state index in [2.05, 4.69) is 20.7 Å². The van der Waals surface area contributed by atoms with Crippen LogP contribution in [0.5, 0.6) is 5.75 Å². The zero-order valence-electron chi connectivity index (χ0n) is 15.2. The molecule has 3 rings (SSSR count). The summed E-state index contributed by atoms with van der Waals surface area (Å²) in [6, 6.07) is 11.7. The molecule has 0 saturated heterocycles. The molecule has 8 heteroatoms. The Bertz CT molecular complexity index is 883. The van der Waals surface area contributed by atoms with Gasteiger partial charge in [0, 0.05) is 38.6 Å². The molecule has 0 aliphatic carbocycles. The molecule has 0 spiro atoms.